The molecule has 0 aromatic heterocycles. The van der Waals surface area contributed by atoms with Crippen molar-refractivity contribution in [3.05, 3.63) is 107 Å². The Bertz CT molecular complexity index is 976. The van der Waals surface area contributed by atoms with Crippen LogP contribution in [0.25, 0.3) is 0 Å². The Labute approximate surface area is 194 Å². The van der Waals surface area contributed by atoms with Crippen LogP contribution in [0.4, 0.5) is 4.79 Å². The van der Waals surface area contributed by atoms with Gasteiger partial charge >= 0.3 is 6.09 Å². The standard InChI is InChI=1S/C27H30N2O4/c30-26(12-7-17-28-27(31)33-21-24-10-5-2-6-11-24)29-18-22-13-15-25(16-14-22)20-32-19-23-8-3-1-4-9-23/h1-6,8-11,13-16H,7,12,17-21H2,(H,28,31)(H,29,30). The predicted octanol–water partition coefficient (Wildman–Crippen LogP) is 4.73. The average molecular weight is 447 g/mol. The van der Waals surface area contributed by atoms with Gasteiger partial charge in [0.1, 0.15) is 6.61 Å². The maximum Gasteiger partial charge on any atom is 0.407 e. The van der Waals surface area contributed by atoms with Gasteiger partial charge < -0.3 is 20.1 Å². The summed E-state index contributed by atoms with van der Waals surface area (Å²) in [6, 6.07) is 27.6. The Morgan fingerprint density at radius 2 is 1.18 bits per heavy atom. The summed E-state index contributed by atoms with van der Waals surface area (Å²) >= 11 is 0. The van der Waals surface area contributed by atoms with Crippen molar-refractivity contribution >= 4 is 12.0 Å². The van der Waals surface area contributed by atoms with Crippen LogP contribution in [-0.4, -0.2) is 18.5 Å². The maximum absolute atomic E-state index is 12.0. The summed E-state index contributed by atoms with van der Waals surface area (Å²) < 4.78 is 10.9. The molecule has 172 valence electrons. The van der Waals surface area contributed by atoms with Crippen molar-refractivity contribution in [1.82, 2.24) is 10.6 Å². The van der Waals surface area contributed by atoms with Crippen molar-refractivity contribution in [2.45, 2.75) is 39.2 Å². The van der Waals surface area contributed by atoms with Crippen LogP contribution in [0.15, 0.2) is 84.9 Å². The van der Waals surface area contributed by atoms with Crippen LogP contribution in [0.2, 0.25) is 0 Å². The van der Waals surface area contributed by atoms with E-state index in [4.69, 9.17) is 9.47 Å². The Balaban J connectivity index is 1.24. The molecule has 3 aromatic carbocycles. The molecule has 33 heavy (non-hydrogen) atoms. The highest BCUT2D eigenvalue weighted by molar-refractivity contribution is 5.76. The molecule has 0 aliphatic heterocycles. The fourth-order valence-corrected chi connectivity index (χ4v) is 3.12. The van der Waals surface area contributed by atoms with E-state index in [1.807, 2.05) is 84.9 Å². The van der Waals surface area contributed by atoms with Crippen LogP contribution >= 0.6 is 0 Å². The molecule has 0 saturated heterocycles. The van der Waals surface area contributed by atoms with Crippen LogP contribution < -0.4 is 10.6 Å². The molecule has 0 bridgehead atoms. The Morgan fingerprint density at radius 1 is 0.636 bits per heavy atom. The van der Waals surface area contributed by atoms with Crippen LogP contribution in [0, 0.1) is 0 Å². The van der Waals surface area contributed by atoms with Crippen molar-refractivity contribution in [1.29, 1.82) is 0 Å². The fourth-order valence-electron chi connectivity index (χ4n) is 3.12. The van der Waals surface area contributed by atoms with Crippen LogP contribution in [0.3, 0.4) is 0 Å². The van der Waals surface area contributed by atoms with Crippen LogP contribution in [0.1, 0.15) is 35.1 Å². The predicted molar refractivity (Wildman–Crippen MR) is 127 cm³/mol. The number of carbonyl (C=O) groups excluding carboxylic acids is 2. The first-order chi connectivity index (χ1) is 16.2. The summed E-state index contributed by atoms with van der Waals surface area (Å²) in [6.45, 7) is 2.21. The molecule has 0 saturated carbocycles. The molecular formula is C27H30N2O4. The van der Waals surface area contributed by atoms with Gasteiger partial charge in [0.05, 0.1) is 13.2 Å². The van der Waals surface area contributed by atoms with E-state index in [2.05, 4.69) is 10.6 Å². The summed E-state index contributed by atoms with van der Waals surface area (Å²) in [5.41, 5.74) is 4.19. The van der Waals surface area contributed by atoms with Gasteiger partial charge in [0.2, 0.25) is 5.91 Å². The van der Waals surface area contributed by atoms with Crippen molar-refractivity contribution in [2.24, 2.45) is 0 Å². The van der Waals surface area contributed by atoms with E-state index in [-0.39, 0.29) is 12.5 Å². The van der Waals surface area contributed by atoms with Gasteiger partial charge in [-0.15, -0.1) is 0 Å². The summed E-state index contributed by atoms with van der Waals surface area (Å²) in [6.07, 6.45) is 0.404. The summed E-state index contributed by atoms with van der Waals surface area (Å²) in [4.78, 5) is 23.7. The minimum absolute atomic E-state index is 0.0512. The molecule has 6 heteroatoms. The monoisotopic (exact) mass is 446 g/mol. The molecule has 3 aromatic rings. The van der Waals surface area contributed by atoms with Crippen molar-refractivity contribution < 1.29 is 19.1 Å². The lowest BCUT2D eigenvalue weighted by Gasteiger charge is -2.09. The highest BCUT2D eigenvalue weighted by Crippen LogP contribution is 2.08. The Hall–Kier alpha value is -3.64. The number of hydrogen-bond acceptors (Lipinski definition) is 4. The lowest BCUT2D eigenvalue weighted by atomic mass is 10.1. The van der Waals surface area contributed by atoms with Gasteiger partial charge in [-0.1, -0.05) is 84.9 Å². The Morgan fingerprint density at radius 3 is 1.82 bits per heavy atom. The summed E-state index contributed by atoms with van der Waals surface area (Å²) in [7, 11) is 0. The van der Waals surface area contributed by atoms with Crippen molar-refractivity contribution in [2.75, 3.05) is 6.54 Å². The van der Waals surface area contributed by atoms with Gasteiger partial charge in [-0.2, -0.15) is 0 Å². The molecule has 0 aliphatic carbocycles. The molecule has 6 nitrogen and oxygen atoms in total. The van der Waals surface area contributed by atoms with E-state index < -0.39 is 6.09 Å². The number of rotatable bonds is 12. The average Bonchev–Trinajstić information content (AvgIpc) is 2.86. The second-order valence-corrected chi connectivity index (χ2v) is 7.66. The highest BCUT2D eigenvalue weighted by Gasteiger charge is 2.05. The minimum Gasteiger partial charge on any atom is -0.445 e. The van der Waals surface area contributed by atoms with Crippen LogP contribution in [-0.2, 0) is 40.6 Å². The van der Waals surface area contributed by atoms with Gasteiger partial charge in [-0.25, -0.2) is 4.79 Å². The number of nitrogens with one attached hydrogen (secondary N) is 2. The number of ether oxygens (including phenoxy) is 2. The first-order valence-corrected chi connectivity index (χ1v) is 11.1. The number of carbonyl (C=O) groups is 2. The third-order valence-electron chi connectivity index (χ3n) is 4.96. The number of alkyl carbamates (subject to hydrolysis) is 1. The van der Waals surface area contributed by atoms with Gasteiger partial charge in [0.25, 0.3) is 0 Å². The molecule has 0 radical (unpaired) electrons. The van der Waals surface area contributed by atoms with Crippen molar-refractivity contribution in [3.63, 3.8) is 0 Å². The second kappa shape index (κ2) is 13.7. The smallest absolute Gasteiger partial charge is 0.407 e. The normalized spacial score (nSPS) is 10.4. The van der Waals surface area contributed by atoms with E-state index in [1.54, 1.807) is 0 Å². The molecule has 0 fully saturated rings. The molecule has 2 N–H and O–H groups in total. The van der Waals surface area contributed by atoms with Gasteiger partial charge in [0, 0.05) is 19.5 Å². The molecular weight excluding hydrogens is 416 g/mol. The maximum atomic E-state index is 12.0. The third kappa shape index (κ3) is 9.58. The second-order valence-electron chi connectivity index (χ2n) is 7.66. The lowest BCUT2D eigenvalue weighted by Crippen LogP contribution is -2.27. The van der Waals surface area contributed by atoms with Crippen molar-refractivity contribution in [3.8, 4) is 0 Å². The van der Waals surface area contributed by atoms with E-state index in [0.717, 1.165) is 22.3 Å². The largest absolute Gasteiger partial charge is 0.445 e. The van der Waals surface area contributed by atoms with E-state index in [1.165, 1.54) is 0 Å². The quantitative estimate of drug-likeness (QED) is 0.395. The molecule has 0 heterocycles. The molecule has 0 unspecified atom stereocenters. The molecule has 3 rings (SSSR count). The molecule has 2 amide bonds. The first-order valence-electron chi connectivity index (χ1n) is 11.1. The number of amides is 2. The zero-order valence-corrected chi connectivity index (χ0v) is 18.7. The van der Waals surface area contributed by atoms with Gasteiger partial charge in [0.15, 0.2) is 0 Å². The highest BCUT2D eigenvalue weighted by atomic mass is 16.5. The molecule has 0 spiro atoms. The number of hydrogen-bond donors (Lipinski definition) is 2. The molecule has 0 atom stereocenters. The Kier molecular flexibility index (Phi) is 9.97. The SMILES string of the molecule is O=C(CCCNC(=O)OCc1ccccc1)NCc1ccc(COCc2ccccc2)cc1. The zero-order chi connectivity index (χ0) is 23.1. The topological polar surface area (TPSA) is 76.7 Å². The number of benzene rings is 3. The summed E-state index contributed by atoms with van der Waals surface area (Å²) in [5, 5.41) is 5.57. The summed E-state index contributed by atoms with van der Waals surface area (Å²) in [5.74, 6) is -0.0512. The van der Waals surface area contributed by atoms with E-state index in [0.29, 0.717) is 39.1 Å². The minimum atomic E-state index is -0.480. The fraction of sp³-hybridized carbons (Fsp3) is 0.259. The first kappa shape index (κ1) is 24.0. The molecule has 0 aliphatic rings. The van der Waals surface area contributed by atoms with Gasteiger partial charge in [-0.3, -0.25) is 4.79 Å². The zero-order valence-electron chi connectivity index (χ0n) is 18.7. The van der Waals surface area contributed by atoms with E-state index in [9.17, 15) is 9.59 Å². The third-order valence-corrected chi connectivity index (χ3v) is 4.96. The lowest BCUT2D eigenvalue weighted by molar-refractivity contribution is -0.121. The van der Waals surface area contributed by atoms with E-state index >= 15 is 0 Å². The van der Waals surface area contributed by atoms with Crippen LogP contribution in [0.5, 0.6) is 0 Å². The van der Waals surface area contributed by atoms with Gasteiger partial charge in [-0.05, 0) is 28.7 Å².